The number of carboxylic acids is 1. The third-order valence-electron chi connectivity index (χ3n) is 4.10. The second kappa shape index (κ2) is 5.61. The normalized spacial score (nSPS) is 19.4. The number of carbonyl (C=O) groups is 1. The summed E-state index contributed by atoms with van der Waals surface area (Å²) < 4.78 is 2.09. The van der Waals surface area contributed by atoms with Crippen molar-refractivity contribution < 1.29 is 9.90 Å². The second-order valence-corrected chi connectivity index (χ2v) is 5.43. The molecule has 1 aliphatic heterocycles. The molecule has 0 bridgehead atoms. The number of rotatable bonds is 3. The molecular weight excluding hydrogens is 254 g/mol. The Morgan fingerprint density at radius 3 is 2.90 bits per heavy atom. The van der Waals surface area contributed by atoms with Crippen LogP contribution < -0.4 is 0 Å². The first-order valence-electron chi connectivity index (χ1n) is 7.27. The molecule has 3 rings (SSSR count). The number of aliphatic imine (C=N–C) groups is 1. The highest BCUT2D eigenvalue weighted by atomic mass is 16.4. The molecule has 1 saturated carbocycles. The van der Waals surface area contributed by atoms with Crippen LogP contribution in [-0.2, 0) is 11.3 Å². The van der Waals surface area contributed by atoms with Crippen LogP contribution in [0.2, 0.25) is 0 Å². The van der Waals surface area contributed by atoms with Gasteiger partial charge in [-0.25, -0.2) is 9.78 Å². The Labute approximate surface area is 118 Å². The van der Waals surface area contributed by atoms with E-state index in [1.807, 2.05) is 6.21 Å². The lowest BCUT2D eigenvalue weighted by Gasteiger charge is -2.21. The van der Waals surface area contributed by atoms with Crippen molar-refractivity contribution >= 4 is 18.3 Å². The van der Waals surface area contributed by atoms with Crippen LogP contribution in [-0.4, -0.2) is 33.4 Å². The Bertz CT molecular complexity index is 566. The largest absolute Gasteiger partial charge is 0.478 e. The summed E-state index contributed by atoms with van der Waals surface area (Å²) in [7, 11) is 0. The first-order chi connectivity index (χ1) is 9.75. The standard InChI is InChI=1S/C15H19N3O2/c19-14(20)7-6-13-17-15(11-4-2-1-3-5-11)12-10-16-8-9-18(12)13/h6-7,10-11H,1-5,8-9H2,(H,19,20)/b7-6+. The Morgan fingerprint density at radius 2 is 2.15 bits per heavy atom. The second-order valence-electron chi connectivity index (χ2n) is 5.43. The van der Waals surface area contributed by atoms with Gasteiger partial charge in [0, 0.05) is 24.8 Å². The molecule has 2 heterocycles. The lowest BCUT2D eigenvalue weighted by Crippen LogP contribution is -2.14. The smallest absolute Gasteiger partial charge is 0.328 e. The molecule has 0 amide bonds. The predicted octanol–water partition coefficient (Wildman–Crippen LogP) is 2.46. The summed E-state index contributed by atoms with van der Waals surface area (Å²) >= 11 is 0. The van der Waals surface area contributed by atoms with Crippen molar-refractivity contribution in [1.82, 2.24) is 9.55 Å². The average molecular weight is 273 g/mol. The SMILES string of the molecule is O=C(O)/C=C/c1nc(C2CCCCC2)c2n1CCN=C2. The molecule has 0 aromatic carbocycles. The van der Waals surface area contributed by atoms with Gasteiger partial charge in [0.05, 0.1) is 17.9 Å². The minimum Gasteiger partial charge on any atom is -0.478 e. The highest BCUT2D eigenvalue weighted by Crippen LogP contribution is 2.34. The minimum absolute atomic E-state index is 0.501. The van der Waals surface area contributed by atoms with Crippen molar-refractivity contribution in [1.29, 1.82) is 0 Å². The number of aliphatic carboxylic acids is 1. The van der Waals surface area contributed by atoms with Crippen LogP contribution in [0.15, 0.2) is 11.1 Å². The van der Waals surface area contributed by atoms with E-state index in [1.54, 1.807) is 6.08 Å². The summed E-state index contributed by atoms with van der Waals surface area (Å²) in [6.45, 7) is 1.52. The fourth-order valence-electron chi connectivity index (χ4n) is 3.13. The highest BCUT2D eigenvalue weighted by Gasteiger charge is 2.24. The zero-order valence-corrected chi connectivity index (χ0v) is 11.5. The van der Waals surface area contributed by atoms with E-state index in [1.165, 1.54) is 32.1 Å². The van der Waals surface area contributed by atoms with E-state index in [4.69, 9.17) is 10.1 Å². The Hall–Kier alpha value is -1.91. The van der Waals surface area contributed by atoms with Crippen LogP contribution >= 0.6 is 0 Å². The summed E-state index contributed by atoms with van der Waals surface area (Å²) in [4.78, 5) is 19.8. The van der Waals surface area contributed by atoms with Gasteiger partial charge in [0.25, 0.3) is 0 Å². The third kappa shape index (κ3) is 2.53. The number of fused-ring (bicyclic) bond motifs is 1. The van der Waals surface area contributed by atoms with E-state index in [0.29, 0.717) is 5.92 Å². The van der Waals surface area contributed by atoms with Crippen molar-refractivity contribution in [3.8, 4) is 0 Å². The molecule has 0 saturated heterocycles. The maximum atomic E-state index is 10.7. The monoisotopic (exact) mass is 273 g/mol. The first kappa shape index (κ1) is 13.1. The maximum Gasteiger partial charge on any atom is 0.328 e. The van der Waals surface area contributed by atoms with Gasteiger partial charge >= 0.3 is 5.97 Å². The van der Waals surface area contributed by atoms with Gasteiger partial charge in [-0.05, 0) is 18.9 Å². The van der Waals surface area contributed by atoms with Crippen LogP contribution in [0, 0.1) is 0 Å². The molecule has 2 aliphatic rings. The molecule has 20 heavy (non-hydrogen) atoms. The molecule has 0 atom stereocenters. The highest BCUT2D eigenvalue weighted by molar-refractivity contribution is 5.85. The number of carboxylic acid groups (broad SMARTS) is 1. The van der Waals surface area contributed by atoms with Crippen molar-refractivity contribution in [3.63, 3.8) is 0 Å². The van der Waals surface area contributed by atoms with E-state index in [-0.39, 0.29) is 0 Å². The Balaban J connectivity index is 1.98. The van der Waals surface area contributed by atoms with Gasteiger partial charge < -0.3 is 9.67 Å². The fourth-order valence-corrected chi connectivity index (χ4v) is 3.13. The van der Waals surface area contributed by atoms with Crippen LogP contribution in [0.5, 0.6) is 0 Å². The van der Waals surface area contributed by atoms with Crippen molar-refractivity contribution in [2.75, 3.05) is 6.54 Å². The third-order valence-corrected chi connectivity index (χ3v) is 4.10. The van der Waals surface area contributed by atoms with Gasteiger partial charge in [-0.15, -0.1) is 0 Å². The lowest BCUT2D eigenvalue weighted by molar-refractivity contribution is -0.131. The molecule has 1 aromatic heterocycles. The van der Waals surface area contributed by atoms with Gasteiger partial charge in [-0.3, -0.25) is 4.99 Å². The van der Waals surface area contributed by atoms with E-state index >= 15 is 0 Å². The van der Waals surface area contributed by atoms with Crippen molar-refractivity contribution in [2.45, 2.75) is 44.6 Å². The average Bonchev–Trinajstić information content (AvgIpc) is 2.85. The number of imidazole rings is 1. The van der Waals surface area contributed by atoms with Crippen LogP contribution in [0.3, 0.4) is 0 Å². The first-order valence-corrected chi connectivity index (χ1v) is 7.27. The molecule has 106 valence electrons. The van der Waals surface area contributed by atoms with E-state index < -0.39 is 5.97 Å². The Kier molecular flexibility index (Phi) is 3.67. The predicted molar refractivity (Wildman–Crippen MR) is 77.2 cm³/mol. The lowest BCUT2D eigenvalue weighted by atomic mass is 9.86. The van der Waals surface area contributed by atoms with Gasteiger partial charge in [-0.2, -0.15) is 0 Å². The summed E-state index contributed by atoms with van der Waals surface area (Å²) in [6.07, 6.45) is 10.8. The fraction of sp³-hybridized carbons (Fsp3) is 0.533. The summed E-state index contributed by atoms with van der Waals surface area (Å²) in [5.74, 6) is 0.307. The number of aromatic nitrogens is 2. The summed E-state index contributed by atoms with van der Waals surface area (Å²) in [5, 5.41) is 8.78. The summed E-state index contributed by atoms with van der Waals surface area (Å²) in [5.41, 5.74) is 2.19. The van der Waals surface area contributed by atoms with Crippen LogP contribution in [0.1, 0.15) is 55.2 Å². The molecule has 0 unspecified atom stereocenters. The van der Waals surface area contributed by atoms with Gasteiger partial charge in [0.15, 0.2) is 0 Å². The molecule has 1 aromatic rings. The number of hydrogen-bond donors (Lipinski definition) is 1. The van der Waals surface area contributed by atoms with E-state index in [9.17, 15) is 4.79 Å². The number of hydrogen-bond acceptors (Lipinski definition) is 3. The molecule has 1 N–H and O–H groups in total. The maximum absolute atomic E-state index is 10.7. The molecule has 1 fully saturated rings. The summed E-state index contributed by atoms with van der Waals surface area (Å²) in [6, 6.07) is 0. The molecule has 0 spiro atoms. The molecule has 5 heteroatoms. The van der Waals surface area contributed by atoms with Crippen LogP contribution in [0.4, 0.5) is 0 Å². The molecule has 1 aliphatic carbocycles. The van der Waals surface area contributed by atoms with Gasteiger partial charge in [0.2, 0.25) is 0 Å². The molecular formula is C15H19N3O2. The minimum atomic E-state index is -0.939. The quantitative estimate of drug-likeness (QED) is 0.860. The van der Waals surface area contributed by atoms with Gasteiger partial charge in [-0.1, -0.05) is 19.3 Å². The molecule has 5 nitrogen and oxygen atoms in total. The van der Waals surface area contributed by atoms with Crippen molar-refractivity contribution in [3.05, 3.63) is 23.3 Å². The zero-order valence-electron chi connectivity index (χ0n) is 11.5. The number of nitrogens with zero attached hydrogens (tertiary/aromatic N) is 3. The van der Waals surface area contributed by atoms with Gasteiger partial charge in [0.1, 0.15) is 5.82 Å². The zero-order chi connectivity index (χ0) is 13.9. The molecule has 0 radical (unpaired) electrons. The van der Waals surface area contributed by atoms with Crippen molar-refractivity contribution in [2.24, 2.45) is 4.99 Å². The van der Waals surface area contributed by atoms with E-state index in [0.717, 1.165) is 36.4 Å². The topological polar surface area (TPSA) is 67.5 Å². The van der Waals surface area contributed by atoms with Crippen LogP contribution in [0.25, 0.3) is 6.08 Å². The van der Waals surface area contributed by atoms with E-state index in [2.05, 4.69) is 9.56 Å². The Morgan fingerprint density at radius 1 is 1.35 bits per heavy atom.